The van der Waals surface area contributed by atoms with Gasteiger partial charge in [-0.25, -0.2) is 4.39 Å². The predicted molar refractivity (Wildman–Crippen MR) is 41.0 cm³/mol. The zero-order chi connectivity index (χ0) is 8.97. The largest absolute Gasteiger partial charge is 0.507 e. The van der Waals surface area contributed by atoms with E-state index in [4.69, 9.17) is 5.11 Å². The summed E-state index contributed by atoms with van der Waals surface area (Å²) in [5, 5.41) is 9.08. The van der Waals surface area contributed by atoms with E-state index in [0.29, 0.717) is 6.29 Å². The van der Waals surface area contributed by atoms with Gasteiger partial charge in [-0.3, -0.25) is 4.79 Å². The van der Waals surface area contributed by atoms with Crippen molar-refractivity contribution >= 4 is 6.29 Å². The molecule has 0 bridgehead atoms. The first-order valence-corrected chi connectivity index (χ1v) is 3.18. The minimum atomic E-state index is -0.497. The molecule has 0 saturated carbocycles. The molecule has 0 aliphatic rings. The van der Waals surface area contributed by atoms with Crippen LogP contribution in [0.5, 0.6) is 5.75 Å². The number of phenols is 1. The molecule has 1 aromatic rings. The minimum Gasteiger partial charge on any atom is -0.507 e. The number of carbonyl (C=O) groups excluding carboxylic acids is 1. The van der Waals surface area contributed by atoms with Crippen LogP contribution in [0.2, 0.25) is 0 Å². The van der Waals surface area contributed by atoms with E-state index in [1.165, 1.54) is 6.07 Å². The number of aromatic hydroxyl groups is 1. The smallest absolute Gasteiger partial charge is 0.193 e. The number of phenolic OH excluding ortho intramolecular Hbond substituents is 1. The first kappa shape index (κ1) is 8.28. The topological polar surface area (TPSA) is 37.3 Å². The maximum atomic E-state index is 12.5. The van der Waals surface area contributed by atoms with Crippen LogP contribution in [-0.4, -0.2) is 11.4 Å². The van der Waals surface area contributed by atoms with Gasteiger partial charge in [0.1, 0.15) is 11.6 Å². The number of hydrogen-bond donors (Lipinski definition) is 1. The molecule has 0 unspecified atom stereocenters. The van der Waals surface area contributed by atoms with E-state index in [1.54, 1.807) is 0 Å². The summed E-state index contributed by atoms with van der Waals surface area (Å²) in [6.07, 6.45) is 0.379. The zero-order valence-corrected chi connectivity index (χ0v) is 6.04. The Morgan fingerprint density at radius 3 is 2.92 bits per heavy atom. The minimum absolute atomic E-state index is 0.113. The highest BCUT2D eigenvalue weighted by molar-refractivity contribution is 5.74. The standard InChI is InChI=1S/C9H5FO2/c10-8-3-4-9(12)7(6-8)2-1-5-11/h3-6,12H. The summed E-state index contributed by atoms with van der Waals surface area (Å²) in [4.78, 5) is 9.83. The summed E-state index contributed by atoms with van der Waals surface area (Å²) >= 11 is 0. The van der Waals surface area contributed by atoms with Crippen molar-refractivity contribution in [3.8, 4) is 17.6 Å². The molecule has 0 fully saturated rings. The third-order valence-corrected chi connectivity index (χ3v) is 1.22. The Morgan fingerprint density at radius 2 is 2.25 bits per heavy atom. The van der Waals surface area contributed by atoms with Crippen LogP contribution in [0.15, 0.2) is 18.2 Å². The molecule has 0 aliphatic carbocycles. The van der Waals surface area contributed by atoms with Gasteiger partial charge in [-0.15, -0.1) is 0 Å². The first-order chi connectivity index (χ1) is 5.74. The molecule has 0 heterocycles. The maximum Gasteiger partial charge on any atom is 0.193 e. The fraction of sp³-hybridized carbons (Fsp3) is 0. The first-order valence-electron chi connectivity index (χ1n) is 3.18. The second-order valence-electron chi connectivity index (χ2n) is 2.05. The van der Waals surface area contributed by atoms with Crippen LogP contribution in [0, 0.1) is 17.7 Å². The fourth-order valence-electron chi connectivity index (χ4n) is 0.716. The highest BCUT2D eigenvalue weighted by Gasteiger charge is 1.98. The summed E-state index contributed by atoms with van der Waals surface area (Å²) < 4.78 is 12.5. The molecule has 0 spiro atoms. The number of aldehydes is 1. The van der Waals surface area contributed by atoms with Crippen LogP contribution in [0.4, 0.5) is 4.39 Å². The lowest BCUT2D eigenvalue weighted by atomic mass is 10.2. The summed E-state index contributed by atoms with van der Waals surface area (Å²) in [5.41, 5.74) is 0.113. The van der Waals surface area contributed by atoms with Gasteiger partial charge in [-0.05, 0) is 24.1 Å². The van der Waals surface area contributed by atoms with E-state index < -0.39 is 5.82 Å². The van der Waals surface area contributed by atoms with Gasteiger partial charge in [0.25, 0.3) is 0 Å². The lowest BCUT2D eigenvalue weighted by Crippen LogP contribution is -1.79. The van der Waals surface area contributed by atoms with Gasteiger partial charge < -0.3 is 5.11 Å². The summed E-state index contributed by atoms with van der Waals surface area (Å²) in [7, 11) is 0. The van der Waals surface area contributed by atoms with Crippen molar-refractivity contribution in [3.05, 3.63) is 29.6 Å². The number of rotatable bonds is 0. The number of carbonyl (C=O) groups is 1. The number of hydrogen-bond acceptors (Lipinski definition) is 2. The molecule has 0 saturated heterocycles. The van der Waals surface area contributed by atoms with Crippen LogP contribution in [0.3, 0.4) is 0 Å². The molecule has 60 valence electrons. The van der Waals surface area contributed by atoms with Gasteiger partial charge in [0.2, 0.25) is 0 Å². The van der Waals surface area contributed by atoms with Gasteiger partial charge in [0.05, 0.1) is 5.56 Å². The molecule has 1 N–H and O–H groups in total. The van der Waals surface area contributed by atoms with E-state index in [0.717, 1.165) is 12.1 Å². The molecular weight excluding hydrogens is 159 g/mol. The van der Waals surface area contributed by atoms with Crippen molar-refractivity contribution in [2.24, 2.45) is 0 Å². The van der Waals surface area contributed by atoms with Gasteiger partial charge in [0.15, 0.2) is 6.29 Å². The van der Waals surface area contributed by atoms with Gasteiger partial charge in [-0.2, -0.15) is 0 Å². The van der Waals surface area contributed by atoms with E-state index in [1.807, 2.05) is 0 Å². The Morgan fingerprint density at radius 1 is 1.50 bits per heavy atom. The Kier molecular flexibility index (Phi) is 2.44. The third kappa shape index (κ3) is 1.83. The van der Waals surface area contributed by atoms with Gasteiger partial charge >= 0.3 is 0 Å². The molecule has 3 heteroatoms. The quantitative estimate of drug-likeness (QED) is 0.460. The second-order valence-corrected chi connectivity index (χ2v) is 2.05. The number of halogens is 1. The average molecular weight is 164 g/mol. The molecule has 12 heavy (non-hydrogen) atoms. The third-order valence-electron chi connectivity index (χ3n) is 1.22. The van der Waals surface area contributed by atoms with E-state index in [9.17, 15) is 9.18 Å². The highest BCUT2D eigenvalue weighted by Crippen LogP contribution is 2.15. The average Bonchev–Trinajstić information content (AvgIpc) is 2.07. The zero-order valence-electron chi connectivity index (χ0n) is 6.04. The molecule has 1 aromatic carbocycles. The number of benzene rings is 1. The molecule has 2 nitrogen and oxygen atoms in total. The molecule has 0 aromatic heterocycles. The molecule has 0 atom stereocenters. The Balaban J connectivity index is 3.13. The van der Waals surface area contributed by atoms with Crippen molar-refractivity contribution < 1.29 is 14.3 Å². The normalized spacial score (nSPS) is 8.42. The highest BCUT2D eigenvalue weighted by atomic mass is 19.1. The molecular formula is C9H5FO2. The SMILES string of the molecule is O=CC#Cc1cc(F)ccc1O. The summed E-state index contributed by atoms with van der Waals surface area (Å²) in [6, 6.07) is 3.36. The maximum absolute atomic E-state index is 12.5. The molecule has 0 radical (unpaired) electrons. The Bertz CT molecular complexity index is 361. The van der Waals surface area contributed by atoms with Crippen molar-refractivity contribution in [2.75, 3.05) is 0 Å². The van der Waals surface area contributed by atoms with Crippen LogP contribution >= 0.6 is 0 Å². The lowest BCUT2D eigenvalue weighted by Gasteiger charge is -1.94. The lowest BCUT2D eigenvalue weighted by molar-refractivity contribution is -0.103. The Labute approximate surface area is 68.6 Å². The fourth-order valence-corrected chi connectivity index (χ4v) is 0.716. The van der Waals surface area contributed by atoms with E-state index >= 15 is 0 Å². The van der Waals surface area contributed by atoms with Gasteiger partial charge in [0, 0.05) is 0 Å². The molecule has 0 aliphatic heterocycles. The van der Waals surface area contributed by atoms with Crippen molar-refractivity contribution in [1.29, 1.82) is 0 Å². The van der Waals surface area contributed by atoms with Crippen LogP contribution in [0.1, 0.15) is 5.56 Å². The predicted octanol–water partition coefficient (Wildman–Crippen LogP) is 1.08. The van der Waals surface area contributed by atoms with E-state index in [-0.39, 0.29) is 11.3 Å². The van der Waals surface area contributed by atoms with Crippen molar-refractivity contribution in [3.63, 3.8) is 0 Å². The Hall–Kier alpha value is -1.82. The van der Waals surface area contributed by atoms with Crippen molar-refractivity contribution in [1.82, 2.24) is 0 Å². The molecule has 1 rings (SSSR count). The van der Waals surface area contributed by atoms with Crippen LogP contribution < -0.4 is 0 Å². The van der Waals surface area contributed by atoms with Crippen LogP contribution in [-0.2, 0) is 4.79 Å². The second kappa shape index (κ2) is 3.54. The summed E-state index contributed by atoms with van der Waals surface area (Å²) in [5.74, 6) is 3.74. The summed E-state index contributed by atoms with van der Waals surface area (Å²) in [6.45, 7) is 0. The van der Waals surface area contributed by atoms with Gasteiger partial charge in [-0.1, -0.05) is 5.92 Å². The van der Waals surface area contributed by atoms with Crippen LogP contribution in [0.25, 0.3) is 0 Å². The monoisotopic (exact) mass is 164 g/mol. The van der Waals surface area contributed by atoms with Crippen molar-refractivity contribution in [2.45, 2.75) is 0 Å². The molecule has 0 amide bonds. The van der Waals surface area contributed by atoms with E-state index in [2.05, 4.69) is 11.8 Å².